The molecule has 152 valence electrons. The quantitative estimate of drug-likeness (QED) is 0.604. The first kappa shape index (κ1) is 20.7. The Bertz CT molecular complexity index is 1070. The Balaban J connectivity index is 1.83. The number of para-hydroxylation sites is 1. The fraction of sp³-hybridized carbons (Fsp3) is 0.150. The number of sulfonamides is 1. The zero-order valence-electron chi connectivity index (χ0n) is 15.4. The van der Waals surface area contributed by atoms with Crippen LogP contribution in [0.3, 0.4) is 0 Å². The summed E-state index contributed by atoms with van der Waals surface area (Å²) in [5.74, 6) is 0.228. The lowest BCUT2D eigenvalue weighted by molar-refractivity contribution is -0.137. The molecule has 0 spiro atoms. The third-order valence-corrected chi connectivity index (χ3v) is 6.00. The van der Waals surface area contributed by atoms with E-state index >= 15 is 0 Å². The van der Waals surface area contributed by atoms with E-state index in [0.717, 1.165) is 12.1 Å². The molecule has 0 aliphatic heterocycles. The molecule has 29 heavy (non-hydrogen) atoms. The van der Waals surface area contributed by atoms with Crippen molar-refractivity contribution < 1.29 is 21.6 Å². The van der Waals surface area contributed by atoms with E-state index in [1.165, 1.54) is 34.8 Å². The molecule has 0 atom stereocenters. The molecule has 2 aromatic carbocycles. The average Bonchev–Trinajstić information content (AvgIpc) is 2.69. The molecule has 0 radical (unpaired) electrons. The number of halogens is 3. The highest BCUT2D eigenvalue weighted by Gasteiger charge is 2.30. The predicted octanol–water partition coefficient (Wildman–Crippen LogP) is 5.06. The van der Waals surface area contributed by atoms with Gasteiger partial charge in [0, 0.05) is 18.4 Å². The van der Waals surface area contributed by atoms with Gasteiger partial charge in [-0.3, -0.25) is 4.31 Å². The molecule has 0 aliphatic rings. The summed E-state index contributed by atoms with van der Waals surface area (Å²) in [4.78, 5) is 4.03. The number of anilines is 3. The van der Waals surface area contributed by atoms with Crippen molar-refractivity contribution in [3.05, 3.63) is 78.5 Å². The van der Waals surface area contributed by atoms with Crippen molar-refractivity contribution >= 4 is 27.2 Å². The second kappa shape index (κ2) is 8.12. The van der Waals surface area contributed by atoms with Crippen molar-refractivity contribution in [3.8, 4) is 0 Å². The van der Waals surface area contributed by atoms with E-state index in [4.69, 9.17) is 0 Å². The van der Waals surface area contributed by atoms with Gasteiger partial charge in [0.25, 0.3) is 10.0 Å². The number of benzene rings is 2. The average molecular weight is 421 g/mol. The predicted molar refractivity (Wildman–Crippen MR) is 106 cm³/mol. The lowest BCUT2D eigenvalue weighted by atomic mass is 10.2. The molecule has 0 amide bonds. The molecule has 1 aromatic heterocycles. The molecule has 9 heteroatoms. The second-order valence-corrected chi connectivity index (χ2v) is 7.95. The highest BCUT2D eigenvalue weighted by molar-refractivity contribution is 7.92. The molecule has 0 aliphatic carbocycles. The highest BCUT2D eigenvalue weighted by Crippen LogP contribution is 2.31. The van der Waals surface area contributed by atoms with E-state index in [-0.39, 0.29) is 22.9 Å². The fourth-order valence-corrected chi connectivity index (χ4v) is 4.16. The Kier molecular flexibility index (Phi) is 5.78. The first-order chi connectivity index (χ1) is 13.7. The van der Waals surface area contributed by atoms with E-state index in [1.807, 2.05) is 0 Å². The normalized spacial score (nSPS) is 11.9. The van der Waals surface area contributed by atoms with Crippen LogP contribution in [0.2, 0.25) is 0 Å². The summed E-state index contributed by atoms with van der Waals surface area (Å²) < 4.78 is 65.6. The minimum absolute atomic E-state index is 0.0159. The molecular formula is C20H18F3N3O2S. The summed E-state index contributed by atoms with van der Waals surface area (Å²) >= 11 is 0. The molecular weight excluding hydrogens is 403 g/mol. The van der Waals surface area contributed by atoms with Gasteiger partial charge in [-0.2, -0.15) is 13.2 Å². The summed E-state index contributed by atoms with van der Waals surface area (Å²) in [7, 11) is -3.83. The van der Waals surface area contributed by atoms with E-state index in [1.54, 1.807) is 37.3 Å². The van der Waals surface area contributed by atoms with Gasteiger partial charge in [-0.25, -0.2) is 13.4 Å². The first-order valence-corrected chi connectivity index (χ1v) is 10.1. The summed E-state index contributed by atoms with van der Waals surface area (Å²) in [6.45, 7) is 1.96. The number of alkyl halides is 3. The van der Waals surface area contributed by atoms with Crippen LogP contribution >= 0.6 is 0 Å². The SMILES string of the molecule is CCN(c1ccccc1)S(=O)(=O)c1ccc(Nc2cccc(C(F)(F)F)c2)nc1. The van der Waals surface area contributed by atoms with Gasteiger partial charge >= 0.3 is 6.18 Å². The van der Waals surface area contributed by atoms with E-state index < -0.39 is 21.8 Å². The minimum atomic E-state index is -4.45. The molecule has 0 fully saturated rings. The largest absolute Gasteiger partial charge is 0.416 e. The van der Waals surface area contributed by atoms with Crippen molar-refractivity contribution in [1.82, 2.24) is 4.98 Å². The van der Waals surface area contributed by atoms with Crippen molar-refractivity contribution in [2.75, 3.05) is 16.2 Å². The van der Waals surface area contributed by atoms with Gasteiger partial charge in [-0.15, -0.1) is 0 Å². The number of pyridine rings is 1. The molecule has 1 heterocycles. The zero-order valence-corrected chi connectivity index (χ0v) is 16.2. The van der Waals surface area contributed by atoms with Gasteiger partial charge in [0.15, 0.2) is 0 Å². The van der Waals surface area contributed by atoms with Gasteiger partial charge < -0.3 is 5.32 Å². The van der Waals surface area contributed by atoms with Crippen LogP contribution in [0, 0.1) is 0 Å². The molecule has 0 bridgehead atoms. The van der Waals surface area contributed by atoms with Crippen LogP contribution in [0.1, 0.15) is 12.5 Å². The van der Waals surface area contributed by atoms with Crippen molar-refractivity contribution in [3.63, 3.8) is 0 Å². The lowest BCUT2D eigenvalue weighted by Gasteiger charge is -2.22. The summed E-state index contributed by atoms with van der Waals surface area (Å²) in [5.41, 5.74) is -0.0632. The third kappa shape index (κ3) is 4.68. The Morgan fingerprint density at radius 3 is 2.31 bits per heavy atom. The van der Waals surface area contributed by atoms with Gasteiger partial charge in [-0.05, 0) is 49.4 Å². The van der Waals surface area contributed by atoms with Crippen LogP contribution in [0.15, 0.2) is 77.8 Å². The van der Waals surface area contributed by atoms with Crippen LogP contribution in [-0.4, -0.2) is 19.9 Å². The fourth-order valence-electron chi connectivity index (χ4n) is 2.74. The number of rotatable bonds is 6. The smallest absolute Gasteiger partial charge is 0.340 e. The Morgan fingerprint density at radius 2 is 1.72 bits per heavy atom. The van der Waals surface area contributed by atoms with Crippen molar-refractivity contribution in [2.45, 2.75) is 18.0 Å². The monoisotopic (exact) mass is 421 g/mol. The third-order valence-electron chi connectivity index (χ3n) is 4.12. The molecule has 3 aromatic rings. The molecule has 5 nitrogen and oxygen atoms in total. The number of hydrogen-bond donors (Lipinski definition) is 1. The second-order valence-electron chi connectivity index (χ2n) is 6.09. The Labute approximate surface area is 166 Å². The molecule has 0 unspecified atom stereocenters. The molecule has 3 rings (SSSR count). The topological polar surface area (TPSA) is 62.3 Å². The lowest BCUT2D eigenvalue weighted by Crippen LogP contribution is -2.30. The van der Waals surface area contributed by atoms with E-state index in [9.17, 15) is 21.6 Å². The van der Waals surface area contributed by atoms with Gasteiger partial charge in [0.2, 0.25) is 0 Å². The molecule has 1 N–H and O–H groups in total. The zero-order chi connectivity index (χ0) is 21.1. The maximum atomic E-state index is 12.9. The summed E-state index contributed by atoms with van der Waals surface area (Å²) in [6.07, 6.45) is -3.28. The van der Waals surface area contributed by atoms with Crippen LogP contribution < -0.4 is 9.62 Å². The maximum Gasteiger partial charge on any atom is 0.416 e. The number of aromatic nitrogens is 1. The maximum absolute atomic E-state index is 12.9. The molecule has 0 saturated carbocycles. The van der Waals surface area contributed by atoms with Crippen molar-refractivity contribution in [2.24, 2.45) is 0 Å². The Hall–Kier alpha value is -3.07. The van der Waals surface area contributed by atoms with Crippen LogP contribution in [-0.2, 0) is 16.2 Å². The number of hydrogen-bond acceptors (Lipinski definition) is 4. The number of nitrogens with zero attached hydrogens (tertiary/aromatic N) is 2. The summed E-state index contributed by atoms with van der Waals surface area (Å²) in [6, 6.07) is 16.1. The highest BCUT2D eigenvalue weighted by atomic mass is 32.2. The van der Waals surface area contributed by atoms with Crippen LogP contribution in [0.25, 0.3) is 0 Å². The van der Waals surface area contributed by atoms with Gasteiger partial charge in [0.05, 0.1) is 11.3 Å². The van der Waals surface area contributed by atoms with Crippen LogP contribution in [0.4, 0.5) is 30.4 Å². The first-order valence-electron chi connectivity index (χ1n) is 8.70. The minimum Gasteiger partial charge on any atom is -0.340 e. The van der Waals surface area contributed by atoms with Gasteiger partial charge in [-0.1, -0.05) is 24.3 Å². The van der Waals surface area contributed by atoms with Crippen LogP contribution in [0.5, 0.6) is 0 Å². The Morgan fingerprint density at radius 1 is 1.00 bits per heavy atom. The van der Waals surface area contributed by atoms with E-state index in [0.29, 0.717) is 5.69 Å². The van der Waals surface area contributed by atoms with Crippen molar-refractivity contribution in [1.29, 1.82) is 0 Å². The van der Waals surface area contributed by atoms with Gasteiger partial charge in [0.1, 0.15) is 10.7 Å². The molecule has 0 saturated heterocycles. The summed E-state index contributed by atoms with van der Waals surface area (Å²) in [5, 5.41) is 2.75. The number of nitrogens with one attached hydrogen (secondary N) is 1. The standard InChI is InChI=1S/C20H18F3N3O2S/c1-2-26(17-9-4-3-5-10-17)29(27,28)18-11-12-19(24-14-18)25-16-8-6-7-15(13-16)20(21,22)23/h3-14H,2H2,1H3,(H,24,25). The van der Waals surface area contributed by atoms with E-state index in [2.05, 4.69) is 10.3 Å².